The maximum absolute atomic E-state index is 15.4. The van der Waals surface area contributed by atoms with Crippen LogP contribution in [0.15, 0.2) is 48.9 Å². The van der Waals surface area contributed by atoms with Gasteiger partial charge in [0.1, 0.15) is 52.7 Å². The maximum atomic E-state index is 15.4. The molecule has 322 valence electrons. The van der Waals surface area contributed by atoms with Crippen LogP contribution in [0.1, 0.15) is 31.0 Å². The Kier molecular flexibility index (Phi) is 12.9. The summed E-state index contributed by atoms with van der Waals surface area (Å²) in [5.41, 5.74) is -11.7. The summed E-state index contributed by atoms with van der Waals surface area (Å²) >= 11 is 0. The zero-order chi connectivity index (χ0) is 45.7. The minimum absolute atomic E-state index is 0.498. The van der Waals surface area contributed by atoms with Crippen LogP contribution >= 0.6 is 0 Å². The molecule has 0 aliphatic carbocycles. The van der Waals surface area contributed by atoms with Crippen molar-refractivity contribution in [2.24, 2.45) is 0 Å². The molecule has 0 radical (unpaired) electrons. The predicted octanol–water partition coefficient (Wildman–Crippen LogP) is 8.39. The molecule has 0 aliphatic rings. The third-order valence-electron chi connectivity index (χ3n) is 9.37. The van der Waals surface area contributed by atoms with Crippen LogP contribution in [0.5, 0.6) is 0 Å². The van der Waals surface area contributed by atoms with Crippen LogP contribution in [0.3, 0.4) is 0 Å². The van der Waals surface area contributed by atoms with Crippen molar-refractivity contribution in [3.05, 3.63) is 177 Å². The second kappa shape index (κ2) is 17.1. The molecule has 0 amide bonds. The molecule has 1 aromatic heterocycles. The average molecular weight is 892 g/mol. The Morgan fingerprint density at radius 2 is 0.672 bits per heavy atom. The summed E-state index contributed by atoms with van der Waals surface area (Å²) in [6.45, 7) is 5.30. The lowest BCUT2D eigenvalue weighted by Crippen LogP contribution is -2.81. The van der Waals surface area contributed by atoms with Crippen molar-refractivity contribution in [3.8, 4) is 0 Å². The smallest absolute Gasteiger partial charge is 0.202 e. The van der Waals surface area contributed by atoms with E-state index in [0.29, 0.717) is 5.92 Å². The van der Waals surface area contributed by atoms with Crippen molar-refractivity contribution >= 4 is 28.0 Å². The number of benzene rings is 5. The van der Waals surface area contributed by atoms with E-state index in [0.717, 1.165) is 6.54 Å². The fraction of sp³-hybridized carbons (Fsp3) is 0.105. The van der Waals surface area contributed by atoms with Gasteiger partial charge in [-0.15, -0.1) is 21.9 Å². The highest BCUT2D eigenvalue weighted by Gasteiger charge is 2.52. The largest absolute Gasteiger partial charge is 0.252 e. The summed E-state index contributed by atoms with van der Waals surface area (Å²) in [6, 6.07) is 10.5. The summed E-state index contributed by atoms with van der Waals surface area (Å²) < 4.78 is 296. The van der Waals surface area contributed by atoms with Crippen molar-refractivity contribution in [3.63, 3.8) is 0 Å². The van der Waals surface area contributed by atoms with Crippen molar-refractivity contribution < 1.29 is 92.4 Å². The van der Waals surface area contributed by atoms with E-state index in [1.807, 2.05) is 24.7 Å². The summed E-state index contributed by atoms with van der Waals surface area (Å²) in [7, 11) is 0. The molecule has 0 saturated carbocycles. The number of rotatable bonds is 7. The highest BCUT2D eigenvalue weighted by Crippen LogP contribution is 2.30. The number of hydrogen-bond acceptors (Lipinski definition) is 1. The quantitative estimate of drug-likeness (QED) is 0.0518. The molecule has 23 heteroatoms. The van der Waals surface area contributed by atoms with Crippen LogP contribution in [-0.4, -0.2) is 11.1 Å². The first-order chi connectivity index (χ1) is 28.5. The van der Waals surface area contributed by atoms with Gasteiger partial charge in [0.05, 0.1) is 12.4 Å². The first-order valence-electron chi connectivity index (χ1n) is 16.6. The number of halogens is 20. The Labute approximate surface area is 328 Å². The van der Waals surface area contributed by atoms with Gasteiger partial charge in [-0.3, -0.25) is 4.98 Å². The second-order valence-corrected chi connectivity index (χ2v) is 13.1. The lowest BCUT2D eigenvalue weighted by atomic mass is 9.12. The van der Waals surface area contributed by atoms with E-state index in [9.17, 15) is 52.7 Å². The van der Waals surface area contributed by atoms with Crippen LogP contribution in [-0.2, 0) is 6.54 Å². The molecule has 61 heavy (non-hydrogen) atoms. The van der Waals surface area contributed by atoms with E-state index in [-0.39, 0.29) is 0 Å². The lowest BCUT2D eigenvalue weighted by Gasteiger charge is -2.44. The van der Waals surface area contributed by atoms with Gasteiger partial charge < -0.3 is 0 Å². The summed E-state index contributed by atoms with van der Waals surface area (Å²) in [5, 5.41) is 0. The molecule has 0 fully saturated rings. The van der Waals surface area contributed by atoms with Crippen LogP contribution < -0.4 is 26.4 Å². The standard InChI is InChI=1S/C24BF20.C14H17N2/c26-5-1(6(27)14(35)21(42)13(5)34)25(2-7(28)15(36)22(43)16(37)8(2)29,3-9(30)17(38)23(44)18(39)10(3)31)4-11(32)19(40)24(45)20(41)12(4)33;1-12(2)14-10-15-8-9-16(14)11-13-6-4-3-5-7-13/h;3-10,12H,11H2,1-2H3/q-1;+1. The van der Waals surface area contributed by atoms with Crippen LogP contribution in [0.25, 0.3) is 0 Å². The molecule has 0 spiro atoms. The first-order valence-corrected chi connectivity index (χ1v) is 16.6. The summed E-state index contributed by atoms with van der Waals surface area (Å²) in [4.78, 5) is 4.19. The Morgan fingerprint density at radius 1 is 0.410 bits per heavy atom. The van der Waals surface area contributed by atoms with Gasteiger partial charge in [0.2, 0.25) is 5.69 Å². The molecule has 1 heterocycles. The molecular formula is C38H17BF20N2. The molecular weight excluding hydrogens is 875 g/mol. The molecule has 2 nitrogen and oxygen atoms in total. The molecule has 6 rings (SSSR count). The van der Waals surface area contributed by atoms with Gasteiger partial charge in [0.25, 0.3) is 0 Å². The Morgan fingerprint density at radius 3 is 0.934 bits per heavy atom. The van der Waals surface area contributed by atoms with Crippen LogP contribution in [0.2, 0.25) is 0 Å². The molecule has 6 aromatic rings. The van der Waals surface area contributed by atoms with Gasteiger partial charge in [0, 0.05) is 11.5 Å². The maximum Gasteiger partial charge on any atom is 0.202 e. The normalized spacial score (nSPS) is 11.7. The van der Waals surface area contributed by atoms with Gasteiger partial charge in [-0.1, -0.05) is 44.2 Å². The number of aromatic nitrogens is 2. The van der Waals surface area contributed by atoms with E-state index >= 15 is 35.1 Å². The van der Waals surface area contributed by atoms with Gasteiger partial charge in [-0.05, 0) is 0 Å². The van der Waals surface area contributed by atoms with Crippen molar-refractivity contribution in [1.82, 2.24) is 4.98 Å². The van der Waals surface area contributed by atoms with Crippen LogP contribution in [0.4, 0.5) is 87.8 Å². The Balaban J connectivity index is 0.000000366. The molecule has 0 atom stereocenters. The van der Waals surface area contributed by atoms with Gasteiger partial charge >= 0.3 is 0 Å². The number of hydrogen-bond donors (Lipinski definition) is 0. The molecule has 0 N–H and O–H groups in total. The van der Waals surface area contributed by atoms with E-state index in [4.69, 9.17) is 0 Å². The summed E-state index contributed by atoms with van der Waals surface area (Å²) in [5.74, 6) is -70.9. The SMILES string of the molecule is CC(C)c1cncc[n+]1Cc1ccccc1.Fc1c(F)c(F)c([B-](c2c(F)c(F)c(F)c(F)c2F)(c2c(F)c(F)c(F)c(F)c2F)c2c(F)c(F)c(F)c(F)c2F)c(F)c1F. The van der Waals surface area contributed by atoms with E-state index in [2.05, 4.69) is 47.7 Å². The fourth-order valence-corrected chi connectivity index (χ4v) is 6.68. The highest BCUT2D eigenvalue weighted by atomic mass is 19.2. The Bertz CT molecular complexity index is 2330. The van der Waals surface area contributed by atoms with Crippen molar-refractivity contribution in [2.75, 3.05) is 0 Å². The first kappa shape index (κ1) is 45.9. The van der Waals surface area contributed by atoms with Gasteiger partial charge in [-0.2, -0.15) is 4.57 Å². The zero-order valence-electron chi connectivity index (χ0n) is 29.9. The van der Waals surface area contributed by atoms with Gasteiger partial charge in [0.15, 0.2) is 82.5 Å². The fourth-order valence-electron chi connectivity index (χ4n) is 6.68. The highest BCUT2D eigenvalue weighted by molar-refractivity contribution is 7.20. The third kappa shape index (κ3) is 7.30. The zero-order valence-corrected chi connectivity index (χ0v) is 29.9. The predicted molar refractivity (Wildman–Crippen MR) is 173 cm³/mol. The minimum Gasteiger partial charge on any atom is -0.252 e. The molecule has 0 aliphatic heterocycles. The molecule has 0 saturated heterocycles. The topological polar surface area (TPSA) is 16.8 Å². The summed E-state index contributed by atoms with van der Waals surface area (Å²) in [6.07, 6.45) is -1.38. The molecule has 5 aromatic carbocycles. The average Bonchev–Trinajstić information content (AvgIpc) is 3.24. The van der Waals surface area contributed by atoms with E-state index in [1.54, 1.807) is 0 Å². The monoisotopic (exact) mass is 892 g/mol. The van der Waals surface area contributed by atoms with Crippen LogP contribution in [0, 0.1) is 116 Å². The van der Waals surface area contributed by atoms with Gasteiger partial charge in [-0.25, -0.2) is 87.8 Å². The van der Waals surface area contributed by atoms with E-state index in [1.165, 1.54) is 11.3 Å². The third-order valence-corrected chi connectivity index (χ3v) is 9.37. The second-order valence-electron chi connectivity index (χ2n) is 13.1. The lowest BCUT2D eigenvalue weighted by molar-refractivity contribution is -0.697. The van der Waals surface area contributed by atoms with Crippen molar-refractivity contribution in [2.45, 2.75) is 26.3 Å². The molecule has 0 bridgehead atoms. The number of nitrogens with zero attached hydrogens (tertiary/aromatic N) is 2. The Hall–Kier alpha value is -6.16. The van der Waals surface area contributed by atoms with E-state index < -0.39 is 144 Å². The minimum atomic E-state index is -7.22. The van der Waals surface area contributed by atoms with Crippen molar-refractivity contribution in [1.29, 1.82) is 0 Å². The molecule has 0 unspecified atom stereocenters.